The Morgan fingerprint density at radius 1 is 1.46 bits per heavy atom. The lowest BCUT2D eigenvalue weighted by molar-refractivity contribution is 0.0847. The molecule has 1 unspecified atom stereocenters. The maximum absolute atomic E-state index is 9.80. The molecular weight excluding hydrogens is 182 g/mol. The van der Waals surface area contributed by atoms with Crippen molar-refractivity contribution in [2.75, 3.05) is 25.1 Å². The van der Waals surface area contributed by atoms with E-state index in [9.17, 15) is 5.11 Å². The van der Waals surface area contributed by atoms with Crippen LogP contribution in [0.25, 0.3) is 0 Å². The van der Waals surface area contributed by atoms with E-state index in [1.807, 2.05) is 13.2 Å². The third kappa shape index (κ3) is 8.60. The van der Waals surface area contributed by atoms with Gasteiger partial charge in [-0.05, 0) is 32.1 Å². The highest BCUT2D eigenvalue weighted by Gasteiger charge is 2.18. The van der Waals surface area contributed by atoms with Crippen molar-refractivity contribution in [3.8, 4) is 0 Å². The van der Waals surface area contributed by atoms with Gasteiger partial charge >= 0.3 is 0 Å². The molecule has 0 aliphatic rings. The van der Waals surface area contributed by atoms with Gasteiger partial charge in [-0.25, -0.2) is 0 Å². The molecule has 13 heavy (non-hydrogen) atoms. The van der Waals surface area contributed by atoms with E-state index in [0.717, 1.165) is 18.2 Å². The normalized spacial score (nSPS) is 16.2. The van der Waals surface area contributed by atoms with Gasteiger partial charge in [-0.1, -0.05) is 13.8 Å². The van der Waals surface area contributed by atoms with Crippen molar-refractivity contribution in [1.82, 2.24) is 5.32 Å². The second-order valence-electron chi connectivity index (χ2n) is 4.29. The first-order valence-corrected chi connectivity index (χ1v) is 6.29. The predicted molar refractivity (Wildman–Crippen MR) is 61.3 cm³/mol. The first-order chi connectivity index (χ1) is 5.98. The van der Waals surface area contributed by atoms with Crippen molar-refractivity contribution in [1.29, 1.82) is 0 Å². The average Bonchev–Trinajstić information content (AvgIpc) is 1.98. The molecule has 0 spiro atoms. The third-order valence-electron chi connectivity index (χ3n) is 1.86. The molecule has 0 aliphatic carbocycles. The summed E-state index contributed by atoms with van der Waals surface area (Å²) in [5.74, 6) is 1.53. The number of nitrogens with one attached hydrogen (secondary N) is 1. The fraction of sp³-hybridized carbons (Fsp3) is 1.00. The van der Waals surface area contributed by atoms with E-state index in [1.54, 1.807) is 11.8 Å². The maximum Gasteiger partial charge on any atom is 0.0833 e. The van der Waals surface area contributed by atoms with Crippen molar-refractivity contribution in [3.05, 3.63) is 0 Å². The van der Waals surface area contributed by atoms with Gasteiger partial charge in [0.15, 0.2) is 0 Å². The van der Waals surface area contributed by atoms with Gasteiger partial charge in [0.05, 0.1) is 5.60 Å². The van der Waals surface area contributed by atoms with Crippen molar-refractivity contribution in [2.45, 2.75) is 32.8 Å². The zero-order valence-corrected chi connectivity index (χ0v) is 10.1. The van der Waals surface area contributed by atoms with Crippen molar-refractivity contribution >= 4 is 11.8 Å². The Balaban J connectivity index is 3.40. The average molecular weight is 205 g/mol. The van der Waals surface area contributed by atoms with E-state index >= 15 is 0 Å². The van der Waals surface area contributed by atoms with Gasteiger partial charge in [0.25, 0.3) is 0 Å². The molecule has 3 heteroatoms. The van der Waals surface area contributed by atoms with Gasteiger partial charge in [-0.15, -0.1) is 0 Å². The van der Waals surface area contributed by atoms with Crippen molar-refractivity contribution in [2.24, 2.45) is 5.92 Å². The van der Waals surface area contributed by atoms with E-state index in [-0.39, 0.29) is 0 Å². The SMILES string of the molecule is CSCC(C)(O)CNCCC(C)C. The Morgan fingerprint density at radius 3 is 2.54 bits per heavy atom. The molecule has 0 rings (SSSR count). The molecular formula is C10H23NOS. The monoisotopic (exact) mass is 205 g/mol. The number of thioether (sulfide) groups is 1. The summed E-state index contributed by atoms with van der Waals surface area (Å²) < 4.78 is 0. The summed E-state index contributed by atoms with van der Waals surface area (Å²) in [6.45, 7) is 8.00. The topological polar surface area (TPSA) is 32.3 Å². The van der Waals surface area contributed by atoms with E-state index in [2.05, 4.69) is 19.2 Å². The molecule has 0 aromatic carbocycles. The number of rotatable bonds is 7. The Bertz CT molecular complexity index is 126. The second-order valence-corrected chi connectivity index (χ2v) is 5.16. The lowest BCUT2D eigenvalue weighted by Crippen LogP contribution is -2.40. The van der Waals surface area contributed by atoms with Gasteiger partial charge in [-0.3, -0.25) is 0 Å². The molecule has 1 atom stereocenters. The molecule has 0 saturated heterocycles. The molecule has 0 fully saturated rings. The number of hydrogen-bond acceptors (Lipinski definition) is 3. The molecule has 0 bridgehead atoms. The van der Waals surface area contributed by atoms with Crippen LogP contribution in [0, 0.1) is 5.92 Å². The largest absolute Gasteiger partial charge is 0.388 e. The van der Waals surface area contributed by atoms with E-state index in [1.165, 1.54) is 6.42 Å². The van der Waals surface area contributed by atoms with Gasteiger partial charge < -0.3 is 10.4 Å². The fourth-order valence-electron chi connectivity index (χ4n) is 1.11. The van der Waals surface area contributed by atoms with Crippen LogP contribution in [0.1, 0.15) is 27.2 Å². The molecule has 2 N–H and O–H groups in total. The van der Waals surface area contributed by atoms with Gasteiger partial charge in [0, 0.05) is 12.3 Å². The molecule has 0 saturated carbocycles. The molecule has 0 aromatic heterocycles. The summed E-state index contributed by atoms with van der Waals surface area (Å²) in [5.41, 5.74) is -0.559. The highest BCUT2D eigenvalue weighted by Crippen LogP contribution is 2.09. The lowest BCUT2D eigenvalue weighted by atomic mass is 10.1. The molecule has 0 amide bonds. The molecule has 0 aromatic rings. The minimum Gasteiger partial charge on any atom is -0.388 e. The van der Waals surface area contributed by atoms with Crippen LogP contribution >= 0.6 is 11.8 Å². The minimum atomic E-state index is -0.559. The zero-order valence-electron chi connectivity index (χ0n) is 9.26. The van der Waals surface area contributed by atoms with Crippen molar-refractivity contribution in [3.63, 3.8) is 0 Å². The molecule has 80 valence electrons. The Kier molecular flexibility index (Phi) is 6.82. The minimum absolute atomic E-state index is 0.559. The van der Waals surface area contributed by atoms with Crippen LogP contribution < -0.4 is 5.32 Å². The Hall–Kier alpha value is 0.270. The third-order valence-corrected chi connectivity index (χ3v) is 2.77. The number of hydrogen-bond donors (Lipinski definition) is 2. The molecule has 0 heterocycles. The van der Waals surface area contributed by atoms with Crippen LogP contribution in [0.2, 0.25) is 0 Å². The molecule has 0 radical (unpaired) electrons. The van der Waals surface area contributed by atoms with Crippen LogP contribution in [0.15, 0.2) is 0 Å². The Labute approximate surface area is 86.5 Å². The summed E-state index contributed by atoms with van der Waals surface area (Å²) in [4.78, 5) is 0. The van der Waals surface area contributed by atoms with Crippen LogP contribution in [0.3, 0.4) is 0 Å². The fourth-order valence-corrected chi connectivity index (χ4v) is 1.83. The second kappa shape index (κ2) is 6.68. The van der Waals surface area contributed by atoms with Gasteiger partial charge in [0.2, 0.25) is 0 Å². The predicted octanol–water partition coefficient (Wildman–Crippen LogP) is 1.74. The smallest absolute Gasteiger partial charge is 0.0833 e. The summed E-state index contributed by atoms with van der Waals surface area (Å²) >= 11 is 1.68. The van der Waals surface area contributed by atoms with E-state index in [4.69, 9.17) is 0 Å². The van der Waals surface area contributed by atoms with Crippen LogP contribution in [-0.4, -0.2) is 35.8 Å². The summed E-state index contributed by atoms with van der Waals surface area (Å²) in [6.07, 6.45) is 3.19. The summed E-state index contributed by atoms with van der Waals surface area (Å²) in [7, 11) is 0. The summed E-state index contributed by atoms with van der Waals surface area (Å²) in [5, 5.41) is 13.1. The molecule has 2 nitrogen and oxygen atoms in total. The highest BCUT2D eigenvalue weighted by molar-refractivity contribution is 7.98. The highest BCUT2D eigenvalue weighted by atomic mass is 32.2. The first kappa shape index (κ1) is 13.3. The van der Waals surface area contributed by atoms with Crippen LogP contribution in [0.4, 0.5) is 0 Å². The molecule has 0 aliphatic heterocycles. The van der Waals surface area contributed by atoms with Crippen molar-refractivity contribution < 1.29 is 5.11 Å². The van der Waals surface area contributed by atoms with Crippen LogP contribution in [-0.2, 0) is 0 Å². The Morgan fingerprint density at radius 2 is 2.08 bits per heavy atom. The standard InChI is InChI=1S/C10H23NOS/c1-9(2)5-6-11-7-10(3,12)8-13-4/h9,11-12H,5-8H2,1-4H3. The van der Waals surface area contributed by atoms with E-state index in [0.29, 0.717) is 6.54 Å². The quantitative estimate of drug-likeness (QED) is 0.621. The van der Waals surface area contributed by atoms with Crippen LogP contribution in [0.5, 0.6) is 0 Å². The lowest BCUT2D eigenvalue weighted by Gasteiger charge is -2.22. The van der Waals surface area contributed by atoms with Gasteiger partial charge in [-0.2, -0.15) is 11.8 Å². The van der Waals surface area contributed by atoms with Gasteiger partial charge in [0.1, 0.15) is 0 Å². The first-order valence-electron chi connectivity index (χ1n) is 4.90. The maximum atomic E-state index is 9.80. The number of aliphatic hydroxyl groups is 1. The summed E-state index contributed by atoms with van der Waals surface area (Å²) in [6, 6.07) is 0. The van der Waals surface area contributed by atoms with E-state index < -0.39 is 5.60 Å². The zero-order chi connectivity index (χ0) is 10.3.